The third kappa shape index (κ3) is 3.17. The number of imidazole rings is 1. The molecule has 2 heterocycles. The van der Waals surface area contributed by atoms with E-state index in [2.05, 4.69) is 20.6 Å². The standard InChI is InChI=1S/C20H19N5O/c1-13-21-12-18(22-13)14-4-3-5-16(10-14)23-20(26)24-17-6-7-19-15(11-17)8-9-25(19)2/h3-12H,1-2H3,(H,21,22)(H2,23,24,26). The molecule has 0 radical (unpaired) electrons. The molecule has 0 fully saturated rings. The van der Waals surface area contributed by atoms with Gasteiger partial charge in [0.1, 0.15) is 5.82 Å². The molecule has 6 nitrogen and oxygen atoms in total. The first kappa shape index (κ1) is 16.0. The molecule has 4 rings (SSSR count). The first-order valence-electron chi connectivity index (χ1n) is 8.34. The Bertz CT molecular complexity index is 1090. The second-order valence-corrected chi connectivity index (χ2v) is 6.24. The molecule has 4 aromatic rings. The zero-order valence-electron chi connectivity index (χ0n) is 14.6. The summed E-state index contributed by atoms with van der Waals surface area (Å²) in [5.74, 6) is 0.854. The van der Waals surface area contributed by atoms with Crippen LogP contribution in [0, 0.1) is 6.92 Å². The Morgan fingerprint density at radius 1 is 1.08 bits per heavy atom. The number of hydrogen-bond acceptors (Lipinski definition) is 2. The van der Waals surface area contributed by atoms with E-state index < -0.39 is 0 Å². The Morgan fingerprint density at radius 2 is 1.88 bits per heavy atom. The fourth-order valence-electron chi connectivity index (χ4n) is 2.98. The van der Waals surface area contributed by atoms with Gasteiger partial charge < -0.3 is 20.2 Å². The van der Waals surface area contributed by atoms with Crippen LogP contribution in [-0.4, -0.2) is 20.6 Å². The number of rotatable bonds is 3. The van der Waals surface area contributed by atoms with Crippen LogP contribution in [0.5, 0.6) is 0 Å². The van der Waals surface area contributed by atoms with Gasteiger partial charge in [0.15, 0.2) is 0 Å². The number of nitrogens with zero attached hydrogens (tertiary/aromatic N) is 2. The normalized spacial score (nSPS) is 10.8. The molecule has 0 saturated heterocycles. The highest BCUT2D eigenvalue weighted by Gasteiger charge is 2.07. The van der Waals surface area contributed by atoms with Gasteiger partial charge in [0.2, 0.25) is 0 Å². The van der Waals surface area contributed by atoms with E-state index in [9.17, 15) is 4.79 Å². The minimum Gasteiger partial charge on any atom is -0.351 e. The number of hydrogen-bond donors (Lipinski definition) is 3. The molecule has 26 heavy (non-hydrogen) atoms. The predicted molar refractivity (Wildman–Crippen MR) is 104 cm³/mol. The van der Waals surface area contributed by atoms with Crippen molar-refractivity contribution in [2.75, 3.05) is 10.6 Å². The van der Waals surface area contributed by atoms with Crippen molar-refractivity contribution in [3.8, 4) is 11.3 Å². The van der Waals surface area contributed by atoms with E-state index in [-0.39, 0.29) is 6.03 Å². The lowest BCUT2D eigenvalue weighted by atomic mass is 10.1. The van der Waals surface area contributed by atoms with Crippen molar-refractivity contribution in [3.63, 3.8) is 0 Å². The van der Waals surface area contributed by atoms with Crippen molar-refractivity contribution in [1.82, 2.24) is 14.5 Å². The van der Waals surface area contributed by atoms with Crippen molar-refractivity contribution < 1.29 is 4.79 Å². The molecule has 0 spiro atoms. The molecule has 0 aliphatic rings. The van der Waals surface area contributed by atoms with Crippen molar-refractivity contribution in [2.45, 2.75) is 6.92 Å². The summed E-state index contributed by atoms with van der Waals surface area (Å²) in [6, 6.07) is 15.2. The molecular weight excluding hydrogens is 326 g/mol. The van der Waals surface area contributed by atoms with Gasteiger partial charge in [-0.1, -0.05) is 12.1 Å². The summed E-state index contributed by atoms with van der Waals surface area (Å²) in [7, 11) is 2.00. The topological polar surface area (TPSA) is 74.7 Å². The summed E-state index contributed by atoms with van der Waals surface area (Å²) >= 11 is 0. The van der Waals surface area contributed by atoms with Gasteiger partial charge >= 0.3 is 6.03 Å². The molecule has 0 atom stereocenters. The van der Waals surface area contributed by atoms with E-state index in [1.807, 2.05) is 73.3 Å². The van der Waals surface area contributed by atoms with Gasteiger partial charge in [0.05, 0.1) is 11.9 Å². The third-order valence-electron chi connectivity index (χ3n) is 4.28. The largest absolute Gasteiger partial charge is 0.351 e. The van der Waals surface area contributed by atoms with Crippen LogP contribution in [0.4, 0.5) is 16.2 Å². The molecule has 0 saturated carbocycles. The number of nitrogens with one attached hydrogen (secondary N) is 3. The lowest BCUT2D eigenvalue weighted by Gasteiger charge is -2.09. The van der Waals surface area contributed by atoms with Crippen LogP contribution < -0.4 is 10.6 Å². The van der Waals surface area contributed by atoms with Crippen LogP contribution in [0.25, 0.3) is 22.2 Å². The third-order valence-corrected chi connectivity index (χ3v) is 4.28. The number of aryl methyl sites for hydroxylation is 2. The SMILES string of the molecule is Cc1ncc(-c2cccc(NC(=O)Nc3ccc4c(ccn4C)c3)c2)[nH]1. The molecule has 2 amide bonds. The second-order valence-electron chi connectivity index (χ2n) is 6.24. The predicted octanol–water partition coefficient (Wildman–Crippen LogP) is 4.52. The molecule has 6 heteroatoms. The van der Waals surface area contributed by atoms with Crippen LogP contribution in [-0.2, 0) is 7.05 Å². The van der Waals surface area contributed by atoms with Crippen molar-refractivity contribution in [2.24, 2.45) is 7.05 Å². The zero-order valence-corrected chi connectivity index (χ0v) is 14.6. The van der Waals surface area contributed by atoms with Gasteiger partial charge in [-0.15, -0.1) is 0 Å². The summed E-state index contributed by atoms with van der Waals surface area (Å²) in [6.07, 6.45) is 3.78. The Kier molecular flexibility index (Phi) is 3.93. The maximum atomic E-state index is 12.3. The fourth-order valence-corrected chi connectivity index (χ4v) is 2.98. The van der Waals surface area contributed by atoms with Crippen LogP contribution in [0.15, 0.2) is 60.9 Å². The van der Waals surface area contributed by atoms with Crippen molar-refractivity contribution in [1.29, 1.82) is 0 Å². The number of carbonyl (C=O) groups is 1. The van der Waals surface area contributed by atoms with E-state index in [4.69, 9.17) is 0 Å². The van der Waals surface area contributed by atoms with Crippen LogP contribution in [0.3, 0.4) is 0 Å². The van der Waals surface area contributed by atoms with Crippen molar-refractivity contribution >= 4 is 28.3 Å². The quantitative estimate of drug-likeness (QED) is 0.511. The van der Waals surface area contributed by atoms with Crippen LogP contribution in [0.2, 0.25) is 0 Å². The molecule has 2 aromatic heterocycles. The fraction of sp³-hybridized carbons (Fsp3) is 0.100. The van der Waals surface area contributed by atoms with E-state index >= 15 is 0 Å². The Hall–Kier alpha value is -3.54. The maximum Gasteiger partial charge on any atom is 0.323 e. The van der Waals surface area contributed by atoms with E-state index in [1.54, 1.807) is 6.20 Å². The number of fused-ring (bicyclic) bond motifs is 1. The smallest absolute Gasteiger partial charge is 0.323 e. The number of urea groups is 1. The maximum absolute atomic E-state index is 12.3. The van der Waals surface area contributed by atoms with Crippen molar-refractivity contribution in [3.05, 3.63) is 66.7 Å². The molecular formula is C20H19N5O. The van der Waals surface area contributed by atoms with Gasteiger partial charge in [0, 0.05) is 41.1 Å². The molecule has 130 valence electrons. The molecule has 3 N–H and O–H groups in total. The number of amides is 2. The lowest BCUT2D eigenvalue weighted by Crippen LogP contribution is -2.19. The lowest BCUT2D eigenvalue weighted by molar-refractivity contribution is 0.262. The summed E-state index contributed by atoms with van der Waals surface area (Å²) in [5, 5.41) is 6.83. The molecule has 0 bridgehead atoms. The number of anilines is 2. The Labute approximate surface area is 150 Å². The molecule has 2 aromatic carbocycles. The first-order valence-corrected chi connectivity index (χ1v) is 8.34. The first-order chi connectivity index (χ1) is 12.6. The van der Waals surface area contributed by atoms with Gasteiger partial charge in [-0.2, -0.15) is 0 Å². The van der Waals surface area contributed by atoms with E-state index in [0.29, 0.717) is 5.69 Å². The molecule has 0 unspecified atom stereocenters. The molecule has 0 aliphatic heterocycles. The second kappa shape index (κ2) is 6.40. The van der Waals surface area contributed by atoms with E-state index in [1.165, 1.54) is 0 Å². The number of aromatic amines is 1. The number of benzene rings is 2. The summed E-state index contributed by atoms with van der Waals surface area (Å²) < 4.78 is 2.04. The summed E-state index contributed by atoms with van der Waals surface area (Å²) in [6.45, 7) is 1.91. The van der Waals surface area contributed by atoms with Gasteiger partial charge in [-0.25, -0.2) is 9.78 Å². The number of H-pyrrole nitrogens is 1. The minimum atomic E-state index is -0.279. The average molecular weight is 345 g/mol. The zero-order chi connectivity index (χ0) is 18.1. The monoisotopic (exact) mass is 345 g/mol. The Balaban J connectivity index is 1.49. The van der Waals surface area contributed by atoms with Gasteiger partial charge in [-0.3, -0.25) is 0 Å². The minimum absolute atomic E-state index is 0.279. The van der Waals surface area contributed by atoms with Gasteiger partial charge in [0.25, 0.3) is 0 Å². The number of carbonyl (C=O) groups excluding carboxylic acids is 1. The molecule has 0 aliphatic carbocycles. The Morgan fingerprint density at radius 3 is 2.65 bits per heavy atom. The summed E-state index contributed by atoms with van der Waals surface area (Å²) in [4.78, 5) is 19.7. The van der Waals surface area contributed by atoms with E-state index in [0.717, 1.165) is 33.7 Å². The van der Waals surface area contributed by atoms with Crippen LogP contribution in [0.1, 0.15) is 5.82 Å². The van der Waals surface area contributed by atoms with Crippen LogP contribution >= 0.6 is 0 Å². The summed E-state index contributed by atoms with van der Waals surface area (Å²) in [5.41, 5.74) is 4.48. The highest BCUT2D eigenvalue weighted by molar-refractivity contribution is 6.01. The highest BCUT2D eigenvalue weighted by Crippen LogP contribution is 2.22. The number of aromatic nitrogens is 3. The average Bonchev–Trinajstić information content (AvgIpc) is 3.21. The highest BCUT2D eigenvalue weighted by atomic mass is 16.2. The van der Waals surface area contributed by atoms with Gasteiger partial charge in [-0.05, 0) is 43.3 Å².